The molecule has 1 atom stereocenters. The second kappa shape index (κ2) is 5.31. The Bertz CT molecular complexity index is 324. The van der Waals surface area contributed by atoms with E-state index >= 15 is 0 Å². The van der Waals surface area contributed by atoms with Crippen molar-refractivity contribution in [1.82, 2.24) is 15.3 Å². The number of aromatic nitrogens is 2. The molecule has 92 valence electrons. The van der Waals surface area contributed by atoms with Crippen LogP contribution in [0.3, 0.4) is 0 Å². The van der Waals surface area contributed by atoms with Gasteiger partial charge in [-0.2, -0.15) is 13.2 Å². The molecule has 0 aliphatic carbocycles. The van der Waals surface area contributed by atoms with E-state index < -0.39 is 11.9 Å². The summed E-state index contributed by atoms with van der Waals surface area (Å²) >= 11 is 0. The van der Waals surface area contributed by atoms with Crippen LogP contribution in [0, 0.1) is 0 Å². The molecule has 0 aromatic carbocycles. The molecule has 0 saturated carbocycles. The molecule has 0 spiro atoms. The Balaban J connectivity index is 2.47. The van der Waals surface area contributed by atoms with E-state index in [1.165, 1.54) is 0 Å². The summed E-state index contributed by atoms with van der Waals surface area (Å²) in [6.45, 7) is 2.10. The van der Waals surface area contributed by atoms with Gasteiger partial charge in [0.05, 0.1) is 12.7 Å². The fourth-order valence-electron chi connectivity index (χ4n) is 1.16. The molecule has 7 heteroatoms. The van der Waals surface area contributed by atoms with E-state index in [9.17, 15) is 13.2 Å². The zero-order chi connectivity index (χ0) is 12.2. The topological polar surface area (TPSA) is 60.9 Å². The molecule has 1 aromatic heterocycles. The lowest BCUT2D eigenvalue weighted by molar-refractivity contribution is -0.140. The Morgan fingerprint density at radius 1 is 1.56 bits per heavy atom. The van der Waals surface area contributed by atoms with Crippen LogP contribution in [0.1, 0.15) is 24.9 Å². The number of hydrogen-bond acceptors (Lipinski definition) is 3. The smallest absolute Gasteiger partial charge is 0.396 e. The molecule has 0 aliphatic rings. The van der Waals surface area contributed by atoms with Crippen molar-refractivity contribution in [3.05, 3.63) is 17.7 Å². The highest BCUT2D eigenvalue weighted by Gasteiger charge is 2.32. The number of alkyl halides is 3. The molecule has 0 aliphatic heterocycles. The van der Waals surface area contributed by atoms with Crippen LogP contribution in [0.5, 0.6) is 0 Å². The number of aromatic amines is 1. The number of aliphatic hydroxyl groups is 1. The normalized spacial score (nSPS) is 14.1. The van der Waals surface area contributed by atoms with Gasteiger partial charge in [0.15, 0.2) is 0 Å². The lowest BCUT2D eigenvalue weighted by atomic mass is 10.2. The highest BCUT2D eigenvalue weighted by molar-refractivity contribution is 5.04. The predicted molar refractivity (Wildman–Crippen MR) is 51.6 cm³/mol. The highest BCUT2D eigenvalue weighted by atomic mass is 19.4. The van der Waals surface area contributed by atoms with E-state index in [-0.39, 0.29) is 25.0 Å². The van der Waals surface area contributed by atoms with Gasteiger partial charge in [0.1, 0.15) is 11.5 Å². The molecule has 3 N–H and O–H groups in total. The molecule has 0 bridgehead atoms. The van der Waals surface area contributed by atoms with E-state index in [1.807, 2.05) is 6.92 Å². The van der Waals surface area contributed by atoms with Crippen molar-refractivity contribution in [2.45, 2.75) is 32.1 Å². The van der Waals surface area contributed by atoms with Gasteiger partial charge in [0.25, 0.3) is 0 Å². The van der Waals surface area contributed by atoms with E-state index in [0.29, 0.717) is 6.42 Å². The molecule has 1 rings (SSSR count). The van der Waals surface area contributed by atoms with E-state index in [1.54, 1.807) is 0 Å². The Labute approximate surface area is 90.9 Å². The lowest BCUT2D eigenvalue weighted by Crippen LogP contribution is -2.26. The minimum absolute atomic E-state index is 0.0319. The fraction of sp³-hybridized carbons (Fsp3) is 0.667. The summed E-state index contributed by atoms with van der Waals surface area (Å²) in [7, 11) is 0. The Kier molecular flexibility index (Phi) is 4.31. The maximum absolute atomic E-state index is 12.2. The lowest BCUT2D eigenvalue weighted by Gasteiger charge is -2.10. The van der Waals surface area contributed by atoms with Gasteiger partial charge in [0, 0.05) is 12.6 Å². The molecule has 1 unspecified atom stereocenters. The van der Waals surface area contributed by atoms with Crippen molar-refractivity contribution in [3.63, 3.8) is 0 Å². The number of nitrogens with one attached hydrogen (secondary N) is 2. The van der Waals surface area contributed by atoms with Crippen molar-refractivity contribution in [3.8, 4) is 0 Å². The number of imidazole rings is 1. The largest absolute Gasteiger partial charge is 0.432 e. The highest BCUT2D eigenvalue weighted by Crippen LogP contribution is 2.27. The molecule has 0 amide bonds. The minimum Gasteiger partial charge on any atom is -0.396 e. The van der Waals surface area contributed by atoms with Crippen LogP contribution in [0.4, 0.5) is 13.2 Å². The number of H-pyrrole nitrogens is 1. The first-order valence-electron chi connectivity index (χ1n) is 4.89. The average molecular weight is 237 g/mol. The molecule has 0 radical (unpaired) electrons. The van der Waals surface area contributed by atoms with Crippen LogP contribution in [-0.4, -0.2) is 27.7 Å². The maximum atomic E-state index is 12.2. The van der Waals surface area contributed by atoms with Crippen LogP contribution >= 0.6 is 0 Å². The van der Waals surface area contributed by atoms with Gasteiger partial charge < -0.3 is 15.4 Å². The summed E-state index contributed by atoms with van der Waals surface area (Å²) in [5.74, 6) is 0.233. The SMILES string of the molecule is CC(CCO)NCc1ncc(C(F)(F)F)[nH]1. The third kappa shape index (κ3) is 3.82. The van der Waals surface area contributed by atoms with Crippen LogP contribution in [-0.2, 0) is 12.7 Å². The number of aliphatic hydroxyl groups excluding tert-OH is 1. The standard InChI is InChI=1S/C9H14F3N3O/c1-6(2-3-16)13-5-8-14-4-7(15-8)9(10,11)12/h4,6,13,16H,2-3,5H2,1H3,(H,14,15). The summed E-state index contributed by atoms with van der Waals surface area (Å²) in [6, 6.07) is 0.0319. The second-order valence-corrected chi connectivity index (χ2v) is 3.54. The van der Waals surface area contributed by atoms with Crippen LogP contribution in [0.25, 0.3) is 0 Å². The molecule has 1 heterocycles. The van der Waals surface area contributed by atoms with E-state index in [2.05, 4.69) is 15.3 Å². The summed E-state index contributed by atoms with van der Waals surface area (Å²) in [4.78, 5) is 5.80. The second-order valence-electron chi connectivity index (χ2n) is 3.54. The van der Waals surface area contributed by atoms with Crippen molar-refractivity contribution >= 4 is 0 Å². The molecule has 0 saturated heterocycles. The van der Waals surface area contributed by atoms with Gasteiger partial charge in [-0.25, -0.2) is 4.98 Å². The van der Waals surface area contributed by atoms with Crippen LogP contribution < -0.4 is 5.32 Å². The Hall–Kier alpha value is -1.08. The summed E-state index contributed by atoms with van der Waals surface area (Å²) in [6.07, 6.45) is -3.07. The number of hydrogen-bond donors (Lipinski definition) is 3. The third-order valence-corrected chi connectivity index (χ3v) is 2.11. The van der Waals surface area contributed by atoms with Gasteiger partial charge in [-0.15, -0.1) is 0 Å². The maximum Gasteiger partial charge on any atom is 0.432 e. The minimum atomic E-state index is -4.39. The number of rotatable bonds is 5. The van der Waals surface area contributed by atoms with Crippen molar-refractivity contribution in [2.75, 3.05) is 6.61 Å². The number of halogens is 3. The zero-order valence-corrected chi connectivity index (χ0v) is 8.80. The first-order valence-corrected chi connectivity index (χ1v) is 4.89. The number of nitrogens with zero attached hydrogens (tertiary/aromatic N) is 1. The zero-order valence-electron chi connectivity index (χ0n) is 8.80. The molecule has 4 nitrogen and oxygen atoms in total. The molecule has 1 aromatic rings. The monoisotopic (exact) mass is 237 g/mol. The Morgan fingerprint density at radius 3 is 2.75 bits per heavy atom. The molecular weight excluding hydrogens is 223 g/mol. The molecular formula is C9H14F3N3O. The van der Waals surface area contributed by atoms with Crippen LogP contribution in [0.2, 0.25) is 0 Å². The first-order chi connectivity index (χ1) is 7.43. The van der Waals surface area contributed by atoms with E-state index in [4.69, 9.17) is 5.11 Å². The quantitative estimate of drug-likeness (QED) is 0.723. The predicted octanol–water partition coefficient (Wildman–Crippen LogP) is 1.29. The van der Waals surface area contributed by atoms with Crippen molar-refractivity contribution < 1.29 is 18.3 Å². The van der Waals surface area contributed by atoms with Crippen LogP contribution in [0.15, 0.2) is 6.20 Å². The molecule has 16 heavy (non-hydrogen) atoms. The van der Waals surface area contributed by atoms with Gasteiger partial charge >= 0.3 is 6.18 Å². The average Bonchev–Trinajstić information content (AvgIpc) is 2.63. The summed E-state index contributed by atoms with van der Waals surface area (Å²) in [5.41, 5.74) is -0.848. The molecule has 0 fully saturated rings. The third-order valence-electron chi connectivity index (χ3n) is 2.11. The van der Waals surface area contributed by atoms with Gasteiger partial charge in [-0.05, 0) is 13.3 Å². The van der Waals surface area contributed by atoms with Gasteiger partial charge in [0.2, 0.25) is 0 Å². The first kappa shape index (κ1) is 13.0. The van der Waals surface area contributed by atoms with E-state index in [0.717, 1.165) is 6.20 Å². The Morgan fingerprint density at radius 2 is 2.25 bits per heavy atom. The van der Waals surface area contributed by atoms with Crippen molar-refractivity contribution in [2.24, 2.45) is 0 Å². The van der Waals surface area contributed by atoms with Gasteiger partial charge in [-0.3, -0.25) is 0 Å². The summed E-state index contributed by atoms with van der Waals surface area (Å²) in [5, 5.41) is 11.6. The van der Waals surface area contributed by atoms with Gasteiger partial charge in [-0.1, -0.05) is 0 Å². The fourth-order valence-corrected chi connectivity index (χ4v) is 1.16. The summed E-state index contributed by atoms with van der Waals surface area (Å²) < 4.78 is 36.6. The van der Waals surface area contributed by atoms with Crippen molar-refractivity contribution in [1.29, 1.82) is 0 Å².